The Kier molecular flexibility index (Phi) is 6.68. The smallest absolute Gasteiger partial charge is 0.232 e. The van der Waals surface area contributed by atoms with Crippen molar-refractivity contribution < 1.29 is 8.42 Å². The van der Waals surface area contributed by atoms with Crippen LogP contribution >= 0.6 is 0 Å². The van der Waals surface area contributed by atoms with Crippen LogP contribution in [0, 0.1) is 6.92 Å². The summed E-state index contributed by atoms with van der Waals surface area (Å²) < 4.78 is 27.2. The number of para-hydroxylation sites is 1. The summed E-state index contributed by atoms with van der Waals surface area (Å²) in [5.74, 6) is 0.420. The van der Waals surface area contributed by atoms with E-state index >= 15 is 0 Å². The van der Waals surface area contributed by atoms with Crippen molar-refractivity contribution in [2.75, 3.05) is 17.0 Å². The first kappa shape index (κ1) is 18.0. The van der Waals surface area contributed by atoms with Crippen molar-refractivity contribution >= 4 is 15.7 Å². The van der Waals surface area contributed by atoms with Crippen LogP contribution in [0.5, 0.6) is 0 Å². The van der Waals surface area contributed by atoms with Crippen molar-refractivity contribution in [1.29, 1.82) is 0 Å². The Morgan fingerprint density at radius 3 is 2.38 bits per heavy atom. The molecule has 120 valence electrons. The zero-order valence-corrected chi connectivity index (χ0v) is 14.5. The molecule has 21 heavy (non-hydrogen) atoms. The summed E-state index contributed by atoms with van der Waals surface area (Å²) in [6.07, 6.45) is 0.608. The normalized spacial score (nSPS) is 12.1. The highest BCUT2D eigenvalue weighted by molar-refractivity contribution is 7.92. The van der Waals surface area contributed by atoms with E-state index in [1.165, 1.54) is 0 Å². The minimum atomic E-state index is -3.30. The molecule has 0 aliphatic heterocycles. The molecule has 0 saturated heterocycles. The molecular formula is C16H28N2O2S. The third-order valence-electron chi connectivity index (χ3n) is 3.33. The molecule has 0 heterocycles. The maximum atomic E-state index is 12.2. The van der Waals surface area contributed by atoms with E-state index in [0.717, 1.165) is 16.8 Å². The summed E-state index contributed by atoms with van der Waals surface area (Å²) in [7, 11) is -3.30. The molecule has 0 spiro atoms. The van der Waals surface area contributed by atoms with E-state index in [-0.39, 0.29) is 11.7 Å². The van der Waals surface area contributed by atoms with Crippen molar-refractivity contribution in [1.82, 2.24) is 5.32 Å². The molecule has 0 unspecified atom stereocenters. The molecule has 0 saturated carbocycles. The molecule has 4 nitrogen and oxygen atoms in total. The highest BCUT2D eigenvalue weighted by atomic mass is 32.2. The quantitative estimate of drug-likeness (QED) is 0.724. The number of benzene rings is 1. The Hall–Kier alpha value is -1.07. The van der Waals surface area contributed by atoms with Crippen LogP contribution in [-0.4, -0.2) is 26.8 Å². The summed E-state index contributed by atoms with van der Waals surface area (Å²) in [6.45, 7) is 10.9. The molecule has 0 bridgehead atoms. The minimum absolute atomic E-state index is 0.137. The lowest BCUT2D eigenvalue weighted by atomic mass is 9.99. The van der Waals surface area contributed by atoms with Crippen LogP contribution in [0.1, 0.15) is 51.2 Å². The van der Waals surface area contributed by atoms with E-state index in [0.29, 0.717) is 19.0 Å². The molecule has 0 radical (unpaired) electrons. The molecule has 1 aromatic carbocycles. The van der Waals surface area contributed by atoms with Crippen molar-refractivity contribution in [3.8, 4) is 0 Å². The topological polar surface area (TPSA) is 58.2 Å². The average Bonchev–Trinajstić information content (AvgIpc) is 2.36. The van der Waals surface area contributed by atoms with Gasteiger partial charge in [0, 0.05) is 6.04 Å². The minimum Gasteiger partial charge on any atom is -0.314 e. The Morgan fingerprint density at radius 1 is 1.14 bits per heavy atom. The molecule has 1 aromatic rings. The van der Waals surface area contributed by atoms with Crippen LogP contribution in [0.3, 0.4) is 0 Å². The third-order valence-corrected chi connectivity index (χ3v) is 4.67. The lowest BCUT2D eigenvalue weighted by Crippen LogP contribution is -2.27. The average molecular weight is 312 g/mol. The highest BCUT2D eigenvalue weighted by Crippen LogP contribution is 2.28. The number of hydrogen-bond acceptors (Lipinski definition) is 3. The zero-order chi connectivity index (χ0) is 16.0. The Morgan fingerprint density at radius 2 is 1.81 bits per heavy atom. The maximum Gasteiger partial charge on any atom is 0.232 e. The van der Waals surface area contributed by atoms with Gasteiger partial charge in [-0.05, 0) is 36.9 Å². The molecular weight excluding hydrogens is 284 g/mol. The molecule has 0 aliphatic carbocycles. The first-order valence-electron chi connectivity index (χ1n) is 7.56. The number of aryl methyl sites for hydroxylation is 1. The number of anilines is 1. The monoisotopic (exact) mass is 312 g/mol. The second kappa shape index (κ2) is 7.80. The van der Waals surface area contributed by atoms with Gasteiger partial charge in [0.25, 0.3) is 0 Å². The summed E-state index contributed by atoms with van der Waals surface area (Å²) in [5, 5.41) is 3.23. The van der Waals surface area contributed by atoms with Crippen LogP contribution in [0.25, 0.3) is 0 Å². The molecule has 1 rings (SSSR count). The maximum absolute atomic E-state index is 12.2. The molecule has 0 aromatic heterocycles. The van der Waals surface area contributed by atoms with Crippen molar-refractivity contribution in [3.63, 3.8) is 0 Å². The predicted molar refractivity (Wildman–Crippen MR) is 90.4 cm³/mol. The van der Waals surface area contributed by atoms with Crippen LogP contribution in [0.2, 0.25) is 0 Å². The standard InChI is InChI=1S/C16H28N2O2S/c1-12(2)15-9-6-8-14(5)16(15)18-21(19,20)11-7-10-17-13(3)4/h6,8-9,12-13,17-18H,7,10-11H2,1-5H3. The van der Waals surface area contributed by atoms with Gasteiger partial charge in [-0.2, -0.15) is 0 Å². The number of rotatable bonds is 8. The molecule has 0 aliphatic rings. The first-order chi connectivity index (χ1) is 9.73. The Balaban J connectivity index is 2.76. The van der Waals surface area contributed by atoms with Gasteiger partial charge in [0.2, 0.25) is 10.0 Å². The first-order valence-corrected chi connectivity index (χ1v) is 9.21. The van der Waals surface area contributed by atoms with Crippen molar-refractivity contribution in [2.24, 2.45) is 0 Å². The molecule has 0 atom stereocenters. The largest absolute Gasteiger partial charge is 0.314 e. The van der Waals surface area contributed by atoms with Crippen LogP contribution in [-0.2, 0) is 10.0 Å². The Bertz CT molecular complexity index is 551. The summed E-state index contributed by atoms with van der Waals surface area (Å²) in [6, 6.07) is 6.26. The van der Waals surface area contributed by atoms with Gasteiger partial charge in [-0.1, -0.05) is 45.9 Å². The number of nitrogens with one attached hydrogen (secondary N) is 2. The SMILES string of the molecule is Cc1cccc(C(C)C)c1NS(=O)(=O)CCCNC(C)C. The van der Waals surface area contributed by atoms with Gasteiger partial charge in [-0.15, -0.1) is 0 Å². The van der Waals surface area contributed by atoms with E-state index < -0.39 is 10.0 Å². The van der Waals surface area contributed by atoms with E-state index in [4.69, 9.17) is 0 Å². The lowest BCUT2D eigenvalue weighted by Gasteiger charge is -2.17. The second-order valence-corrected chi connectivity index (χ2v) is 7.92. The van der Waals surface area contributed by atoms with Gasteiger partial charge in [0.15, 0.2) is 0 Å². The van der Waals surface area contributed by atoms with Crippen LogP contribution in [0.4, 0.5) is 5.69 Å². The molecule has 2 N–H and O–H groups in total. The fraction of sp³-hybridized carbons (Fsp3) is 0.625. The summed E-state index contributed by atoms with van der Waals surface area (Å²) >= 11 is 0. The van der Waals surface area contributed by atoms with Gasteiger partial charge in [0.05, 0.1) is 11.4 Å². The molecule has 0 amide bonds. The van der Waals surface area contributed by atoms with Gasteiger partial charge >= 0.3 is 0 Å². The van der Waals surface area contributed by atoms with E-state index in [1.54, 1.807) is 0 Å². The van der Waals surface area contributed by atoms with Gasteiger partial charge in [-0.3, -0.25) is 4.72 Å². The van der Waals surface area contributed by atoms with E-state index in [2.05, 4.69) is 37.7 Å². The molecule has 0 fully saturated rings. The van der Waals surface area contributed by atoms with Gasteiger partial charge in [0.1, 0.15) is 0 Å². The number of hydrogen-bond donors (Lipinski definition) is 2. The summed E-state index contributed by atoms with van der Waals surface area (Å²) in [5.41, 5.74) is 2.74. The zero-order valence-electron chi connectivity index (χ0n) is 13.7. The van der Waals surface area contributed by atoms with Crippen molar-refractivity contribution in [3.05, 3.63) is 29.3 Å². The fourth-order valence-electron chi connectivity index (χ4n) is 2.17. The predicted octanol–water partition coefficient (Wildman–Crippen LogP) is 3.25. The van der Waals surface area contributed by atoms with E-state index in [9.17, 15) is 8.42 Å². The van der Waals surface area contributed by atoms with Gasteiger partial charge < -0.3 is 5.32 Å². The Labute approximate surface area is 129 Å². The molecule has 5 heteroatoms. The second-order valence-electron chi connectivity index (χ2n) is 6.08. The highest BCUT2D eigenvalue weighted by Gasteiger charge is 2.16. The van der Waals surface area contributed by atoms with E-state index in [1.807, 2.05) is 25.1 Å². The third kappa shape index (κ3) is 6.06. The van der Waals surface area contributed by atoms with Crippen LogP contribution < -0.4 is 10.0 Å². The summed E-state index contributed by atoms with van der Waals surface area (Å²) in [4.78, 5) is 0. The van der Waals surface area contributed by atoms with Crippen molar-refractivity contribution in [2.45, 2.75) is 53.0 Å². The number of sulfonamides is 1. The van der Waals surface area contributed by atoms with Crippen LogP contribution in [0.15, 0.2) is 18.2 Å². The lowest BCUT2D eigenvalue weighted by molar-refractivity contribution is 0.571. The fourth-order valence-corrected chi connectivity index (χ4v) is 3.39. The van der Waals surface area contributed by atoms with Gasteiger partial charge in [-0.25, -0.2) is 8.42 Å².